The van der Waals surface area contributed by atoms with Crippen LogP contribution in [0.5, 0.6) is 0 Å². The van der Waals surface area contributed by atoms with Crippen LogP contribution in [0.4, 0.5) is 13.2 Å². The predicted octanol–water partition coefficient (Wildman–Crippen LogP) is 5.21. The Hall–Kier alpha value is -2.03. The van der Waals surface area contributed by atoms with Gasteiger partial charge >= 0.3 is 0 Å². The fraction of sp³-hybridized carbons (Fsp3) is 0.125. The van der Waals surface area contributed by atoms with Gasteiger partial charge in [-0.25, -0.2) is 13.2 Å². The van der Waals surface area contributed by atoms with Crippen LogP contribution < -0.4 is 0 Å². The van der Waals surface area contributed by atoms with Crippen molar-refractivity contribution in [3.05, 3.63) is 70.5 Å². The summed E-state index contributed by atoms with van der Waals surface area (Å²) in [5, 5.41) is 0. The van der Waals surface area contributed by atoms with Crippen LogP contribution in [-0.4, -0.2) is 0 Å². The fourth-order valence-electron chi connectivity index (χ4n) is 1.74. The Morgan fingerprint density at radius 3 is 1.95 bits per heavy atom. The summed E-state index contributed by atoms with van der Waals surface area (Å²) in [4.78, 5) is 0. The molecule has 2 aromatic rings. The first-order valence-electron chi connectivity index (χ1n) is 5.88. The highest BCUT2D eigenvalue weighted by Gasteiger charge is 2.15. The third-order valence-electron chi connectivity index (χ3n) is 2.86. The van der Waals surface area contributed by atoms with E-state index in [9.17, 15) is 13.2 Å². The third-order valence-corrected chi connectivity index (χ3v) is 2.86. The average Bonchev–Trinajstić information content (AvgIpc) is 2.38. The molecule has 98 valence electrons. The second-order valence-electron chi connectivity index (χ2n) is 4.48. The minimum atomic E-state index is -1.18. The van der Waals surface area contributed by atoms with E-state index in [-0.39, 0.29) is 11.1 Å². The maximum Gasteiger partial charge on any atom is 0.169 e. The maximum absolute atomic E-state index is 14.0. The zero-order chi connectivity index (χ0) is 14.0. The van der Waals surface area contributed by atoms with Crippen LogP contribution in [0, 0.1) is 19.7 Å². The second kappa shape index (κ2) is 5.31. The molecule has 0 aliphatic heterocycles. The van der Waals surface area contributed by atoms with Crippen LogP contribution in [0.1, 0.15) is 22.3 Å². The zero-order valence-electron chi connectivity index (χ0n) is 10.7. The Bertz CT molecular complexity index is 625. The van der Waals surface area contributed by atoms with Gasteiger partial charge in [-0.05, 0) is 31.5 Å². The van der Waals surface area contributed by atoms with Crippen LogP contribution in [0.15, 0.2) is 42.5 Å². The first-order chi connectivity index (χ1) is 8.99. The molecule has 0 aliphatic rings. The SMILES string of the molecule is Cc1ccc(/C(F)=C(\F)c2ccc(C)cc2F)cc1. The highest BCUT2D eigenvalue weighted by molar-refractivity contribution is 5.83. The highest BCUT2D eigenvalue weighted by atomic mass is 19.2. The molecule has 3 heteroatoms. The van der Waals surface area contributed by atoms with E-state index in [1.54, 1.807) is 25.1 Å². The van der Waals surface area contributed by atoms with Gasteiger partial charge in [-0.3, -0.25) is 0 Å². The van der Waals surface area contributed by atoms with Gasteiger partial charge in [0.05, 0.1) is 0 Å². The maximum atomic E-state index is 14.0. The first-order valence-corrected chi connectivity index (χ1v) is 5.88. The number of hydrogen-bond donors (Lipinski definition) is 0. The first kappa shape index (κ1) is 13.4. The molecule has 0 saturated carbocycles. The quantitative estimate of drug-likeness (QED) is 0.652. The Kier molecular flexibility index (Phi) is 3.74. The van der Waals surface area contributed by atoms with Crippen LogP contribution in [-0.2, 0) is 0 Å². The molecule has 0 radical (unpaired) electrons. The Balaban J connectivity index is 2.48. The van der Waals surface area contributed by atoms with E-state index >= 15 is 0 Å². The van der Waals surface area contributed by atoms with Crippen molar-refractivity contribution in [1.82, 2.24) is 0 Å². The van der Waals surface area contributed by atoms with E-state index in [0.717, 1.165) is 5.56 Å². The molecule has 0 saturated heterocycles. The lowest BCUT2D eigenvalue weighted by atomic mass is 10.1. The summed E-state index contributed by atoms with van der Waals surface area (Å²) in [6, 6.07) is 10.2. The minimum absolute atomic E-state index is 0.100. The van der Waals surface area contributed by atoms with Gasteiger partial charge in [0.25, 0.3) is 0 Å². The lowest BCUT2D eigenvalue weighted by Crippen LogP contribution is -1.90. The van der Waals surface area contributed by atoms with Crippen molar-refractivity contribution in [3.8, 4) is 0 Å². The molecule has 0 heterocycles. The molecule has 0 aliphatic carbocycles. The molecule has 2 aromatic carbocycles. The van der Waals surface area contributed by atoms with E-state index in [1.165, 1.54) is 24.3 Å². The average molecular weight is 262 g/mol. The normalized spacial score (nSPS) is 12.3. The molecule has 0 aromatic heterocycles. The summed E-state index contributed by atoms with van der Waals surface area (Å²) in [6.45, 7) is 3.53. The third kappa shape index (κ3) is 2.87. The molecule has 0 fully saturated rings. The van der Waals surface area contributed by atoms with Gasteiger partial charge < -0.3 is 0 Å². The minimum Gasteiger partial charge on any atom is -0.206 e. The van der Waals surface area contributed by atoms with Gasteiger partial charge in [-0.2, -0.15) is 0 Å². The number of benzene rings is 2. The lowest BCUT2D eigenvalue weighted by Gasteiger charge is -2.05. The summed E-state index contributed by atoms with van der Waals surface area (Å²) in [7, 11) is 0. The van der Waals surface area contributed by atoms with Crippen LogP contribution in [0.2, 0.25) is 0 Å². The topological polar surface area (TPSA) is 0 Å². The van der Waals surface area contributed by atoms with Crippen LogP contribution in [0.25, 0.3) is 11.7 Å². The zero-order valence-corrected chi connectivity index (χ0v) is 10.7. The van der Waals surface area contributed by atoms with Crippen LogP contribution in [0.3, 0.4) is 0 Å². The van der Waals surface area contributed by atoms with Gasteiger partial charge in [0.2, 0.25) is 0 Å². The molecule has 0 spiro atoms. The van der Waals surface area contributed by atoms with E-state index in [4.69, 9.17) is 0 Å². The molecule has 0 amide bonds. The number of rotatable bonds is 2. The predicted molar refractivity (Wildman–Crippen MR) is 71.3 cm³/mol. The molecule has 2 rings (SSSR count). The number of halogens is 3. The smallest absolute Gasteiger partial charge is 0.169 e. The molecular formula is C16H13F3. The molecule has 0 atom stereocenters. The summed E-state index contributed by atoms with van der Waals surface area (Å²) in [6.07, 6.45) is 0. The Labute approximate surface area is 110 Å². The molecule has 0 bridgehead atoms. The Morgan fingerprint density at radius 1 is 0.789 bits per heavy atom. The van der Waals surface area contributed by atoms with E-state index < -0.39 is 17.5 Å². The largest absolute Gasteiger partial charge is 0.206 e. The van der Waals surface area contributed by atoms with Crippen molar-refractivity contribution in [2.75, 3.05) is 0 Å². The van der Waals surface area contributed by atoms with Gasteiger partial charge in [-0.1, -0.05) is 35.9 Å². The van der Waals surface area contributed by atoms with Gasteiger partial charge in [0.15, 0.2) is 11.7 Å². The van der Waals surface area contributed by atoms with E-state index in [2.05, 4.69) is 0 Å². The molecular weight excluding hydrogens is 249 g/mol. The van der Waals surface area contributed by atoms with Crippen molar-refractivity contribution in [2.45, 2.75) is 13.8 Å². The van der Waals surface area contributed by atoms with Gasteiger partial charge in [0, 0.05) is 11.1 Å². The lowest BCUT2D eigenvalue weighted by molar-refractivity contribution is 0.610. The number of aryl methyl sites for hydroxylation is 2. The summed E-state index contributed by atoms with van der Waals surface area (Å²) < 4.78 is 41.5. The second-order valence-corrected chi connectivity index (χ2v) is 4.48. The number of hydrogen-bond acceptors (Lipinski definition) is 0. The molecule has 0 nitrogen and oxygen atoms in total. The van der Waals surface area contributed by atoms with Crippen LogP contribution >= 0.6 is 0 Å². The van der Waals surface area contributed by atoms with E-state index in [0.29, 0.717) is 5.56 Å². The van der Waals surface area contributed by atoms with Crippen molar-refractivity contribution in [3.63, 3.8) is 0 Å². The highest BCUT2D eigenvalue weighted by Crippen LogP contribution is 2.30. The standard InChI is InChI=1S/C16H13F3/c1-10-3-6-12(7-4-10)15(18)16(19)13-8-5-11(2)9-14(13)17/h3-9H,1-2H3/b16-15+. The monoisotopic (exact) mass is 262 g/mol. The van der Waals surface area contributed by atoms with Crippen molar-refractivity contribution in [2.24, 2.45) is 0 Å². The molecule has 0 unspecified atom stereocenters. The van der Waals surface area contributed by atoms with Gasteiger partial charge in [-0.15, -0.1) is 0 Å². The van der Waals surface area contributed by atoms with Crippen molar-refractivity contribution >= 4 is 11.7 Å². The van der Waals surface area contributed by atoms with Crippen molar-refractivity contribution < 1.29 is 13.2 Å². The Morgan fingerprint density at radius 2 is 1.37 bits per heavy atom. The summed E-state index contributed by atoms with van der Waals surface area (Å²) in [5.41, 5.74) is 1.34. The van der Waals surface area contributed by atoms with E-state index in [1.807, 2.05) is 6.92 Å². The molecule has 0 N–H and O–H groups in total. The molecule has 19 heavy (non-hydrogen) atoms. The van der Waals surface area contributed by atoms with Crippen molar-refractivity contribution in [1.29, 1.82) is 0 Å². The summed E-state index contributed by atoms with van der Waals surface area (Å²) in [5.74, 6) is -3.00. The fourth-order valence-corrected chi connectivity index (χ4v) is 1.74. The summed E-state index contributed by atoms with van der Waals surface area (Å²) >= 11 is 0. The van der Waals surface area contributed by atoms with Gasteiger partial charge in [0.1, 0.15) is 5.82 Å².